The first-order chi connectivity index (χ1) is 21.5. The number of ether oxygens (including phenoxy) is 3. The molecule has 2 aliphatic heterocycles. The number of cyclic esters (lactones) is 1. The first-order valence-corrected chi connectivity index (χ1v) is 16.0. The summed E-state index contributed by atoms with van der Waals surface area (Å²) in [5.74, 6) is -0.430. The SMILES string of the molecule is CC[C@H](C)CN(C[C@@H](O)C(Cc1ccccc1)NC(=O)C1CN(c2ccc(F)cn2)C(=O)O1)S(=O)(=O)c1ccc2c(c1)OCO2. The van der Waals surface area contributed by atoms with Gasteiger partial charge in [0.2, 0.25) is 16.8 Å². The van der Waals surface area contributed by atoms with Crippen molar-refractivity contribution in [2.24, 2.45) is 5.92 Å². The van der Waals surface area contributed by atoms with Crippen LogP contribution in [0, 0.1) is 11.7 Å². The van der Waals surface area contributed by atoms with Crippen LogP contribution in [0.4, 0.5) is 15.0 Å². The van der Waals surface area contributed by atoms with Crippen LogP contribution in [0.15, 0.2) is 71.8 Å². The Kier molecular flexibility index (Phi) is 9.85. The van der Waals surface area contributed by atoms with Gasteiger partial charge in [-0.2, -0.15) is 4.31 Å². The van der Waals surface area contributed by atoms with Gasteiger partial charge in [0.05, 0.1) is 29.8 Å². The number of rotatable bonds is 13. The third-order valence-corrected chi connectivity index (χ3v) is 9.60. The molecule has 2 unspecified atom stereocenters. The summed E-state index contributed by atoms with van der Waals surface area (Å²) in [6.45, 7) is 3.46. The molecule has 5 rings (SSSR count). The van der Waals surface area contributed by atoms with Gasteiger partial charge in [0.1, 0.15) is 11.6 Å². The van der Waals surface area contributed by atoms with Crippen LogP contribution >= 0.6 is 0 Å². The molecule has 0 saturated carbocycles. The molecule has 3 aromatic rings. The minimum absolute atomic E-state index is 0.0104. The highest BCUT2D eigenvalue weighted by atomic mass is 32.2. The molecule has 240 valence electrons. The minimum atomic E-state index is -4.11. The Morgan fingerprint density at radius 2 is 1.89 bits per heavy atom. The van der Waals surface area contributed by atoms with Crippen molar-refractivity contribution in [1.29, 1.82) is 0 Å². The number of hydrogen-bond acceptors (Lipinski definition) is 9. The highest BCUT2D eigenvalue weighted by Gasteiger charge is 2.40. The molecule has 2 aliphatic rings. The van der Waals surface area contributed by atoms with Gasteiger partial charge in [-0.3, -0.25) is 9.69 Å². The van der Waals surface area contributed by atoms with Gasteiger partial charge in [-0.15, -0.1) is 0 Å². The van der Waals surface area contributed by atoms with E-state index in [9.17, 15) is 27.5 Å². The van der Waals surface area contributed by atoms with E-state index in [4.69, 9.17) is 14.2 Å². The van der Waals surface area contributed by atoms with Crippen molar-refractivity contribution < 1.29 is 41.7 Å². The number of nitrogens with zero attached hydrogens (tertiary/aromatic N) is 3. The Hall–Kier alpha value is -4.27. The standard InChI is InChI=1S/C31H35FN4O8S/c1-3-20(2)16-35(45(40,41)23-10-11-26-27(14-23)43-19-42-26)17-25(37)24(13-21-7-5-4-6-8-21)34-30(38)28-18-36(31(39)44-28)29-12-9-22(32)15-33-29/h4-12,14-15,20,24-25,28,37H,3,13,16-19H2,1-2H3,(H,34,38)/t20-,24?,25+,28?/m0/s1. The lowest BCUT2D eigenvalue weighted by molar-refractivity contribution is -0.129. The second-order valence-corrected chi connectivity index (χ2v) is 13.0. The lowest BCUT2D eigenvalue weighted by Gasteiger charge is -2.31. The number of carbonyl (C=O) groups is 2. The number of benzene rings is 2. The second-order valence-electron chi connectivity index (χ2n) is 11.0. The molecule has 0 aliphatic carbocycles. The Labute approximate surface area is 260 Å². The minimum Gasteiger partial charge on any atom is -0.454 e. The molecule has 2 aromatic carbocycles. The Morgan fingerprint density at radius 1 is 1.13 bits per heavy atom. The summed E-state index contributed by atoms with van der Waals surface area (Å²) < 4.78 is 58.3. The van der Waals surface area contributed by atoms with E-state index < -0.39 is 46.1 Å². The maximum Gasteiger partial charge on any atom is 0.416 e. The first-order valence-electron chi connectivity index (χ1n) is 14.6. The van der Waals surface area contributed by atoms with Crippen LogP contribution in [0.2, 0.25) is 0 Å². The van der Waals surface area contributed by atoms with E-state index in [1.54, 1.807) is 0 Å². The Balaban J connectivity index is 1.36. The van der Waals surface area contributed by atoms with Crippen molar-refractivity contribution in [2.45, 2.75) is 49.8 Å². The zero-order valence-electron chi connectivity index (χ0n) is 24.8. The van der Waals surface area contributed by atoms with Crippen LogP contribution in [0.25, 0.3) is 0 Å². The monoisotopic (exact) mass is 642 g/mol. The number of halogens is 1. The molecule has 45 heavy (non-hydrogen) atoms. The lowest BCUT2D eigenvalue weighted by atomic mass is 10.0. The smallest absolute Gasteiger partial charge is 0.416 e. The molecule has 2 amide bonds. The van der Waals surface area contributed by atoms with E-state index in [-0.39, 0.29) is 49.5 Å². The van der Waals surface area contributed by atoms with E-state index >= 15 is 0 Å². The molecule has 0 radical (unpaired) electrons. The number of fused-ring (bicyclic) bond motifs is 1. The molecule has 0 spiro atoms. The number of anilines is 1. The maximum absolute atomic E-state index is 13.9. The summed E-state index contributed by atoms with van der Waals surface area (Å²) in [6.07, 6.45) is -1.62. The van der Waals surface area contributed by atoms with Crippen LogP contribution in [-0.2, 0) is 26.0 Å². The molecular formula is C31H35FN4O8S. The number of sulfonamides is 1. The fourth-order valence-electron chi connectivity index (χ4n) is 5.01. The van der Waals surface area contributed by atoms with E-state index in [0.717, 1.165) is 22.7 Å². The van der Waals surface area contributed by atoms with E-state index in [0.29, 0.717) is 17.9 Å². The molecule has 3 heterocycles. The number of aliphatic hydroxyl groups excluding tert-OH is 1. The third-order valence-electron chi connectivity index (χ3n) is 7.77. The van der Waals surface area contributed by atoms with Gasteiger partial charge in [0.25, 0.3) is 5.91 Å². The number of aliphatic hydroxyl groups is 1. The fraction of sp³-hybridized carbons (Fsp3) is 0.387. The van der Waals surface area contributed by atoms with Gasteiger partial charge in [0.15, 0.2) is 17.6 Å². The van der Waals surface area contributed by atoms with Gasteiger partial charge in [-0.25, -0.2) is 22.6 Å². The van der Waals surface area contributed by atoms with Gasteiger partial charge in [0, 0.05) is 19.2 Å². The van der Waals surface area contributed by atoms with Gasteiger partial charge in [-0.1, -0.05) is 50.6 Å². The van der Waals surface area contributed by atoms with Crippen molar-refractivity contribution in [2.75, 3.05) is 31.3 Å². The summed E-state index contributed by atoms with van der Waals surface area (Å²) in [5, 5.41) is 14.3. The number of pyridine rings is 1. The summed E-state index contributed by atoms with van der Waals surface area (Å²) in [7, 11) is -4.11. The summed E-state index contributed by atoms with van der Waals surface area (Å²) in [4.78, 5) is 30.9. The lowest BCUT2D eigenvalue weighted by Crippen LogP contribution is -2.53. The first kappa shape index (κ1) is 32.1. The number of hydrogen-bond donors (Lipinski definition) is 2. The molecule has 1 aromatic heterocycles. The maximum atomic E-state index is 13.9. The van der Waals surface area contributed by atoms with Gasteiger partial charge in [-0.05, 0) is 42.2 Å². The topological polar surface area (TPSA) is 148 Å². The average molecular weight is 643 g/mol. The zero-order chi connectivity index (χ0) is 32.1. The van der Waals surface area contributed by atoms with Crippen molar-refractivity contribution in [3.8, 4) is 11.5 Å². The van der Waals surface area contributed by atoms with E-state index in [2.05, 4.69) is 10.3 Å². The van der Waals surface area contributed by atoms with Crippen molar-refractivity contribution >= 4 is 27.8 Å². The van der Waals surface area contributed by atoms with Crippen molar-refractivity contribution in [3.05, 3.63) is 78.2 Å². The van der Waals surface area contributed by atoms with Crippen LogP contribution in [0.1, 0.15) is 25.8 Å². The van der Waals surface area contributed by atoms with Crippen LogP contribution < -0.4 is 19.7 Å². The second kappa shape index (κ2) is 13.8. The zero-order valence-corrected chi connectivity index (χ0v) is 25.7. The van der Waals surface area contributed by atoms with Gasteiger partial charge >= 0.3 is 6.09 Å². The van der Waals surface area contributed by atoms with Crippen LogP contribution in [0.5, 0.6) is 11.5 Å². The molecule has 0 bridgehead atoms. The number of amides is 2. The molecule has 4 atom stereocenters. The van der Waals surface area contributed by atoms with Crippen LogP contribution in [-0.4, -0.2) is 79.5 Å². The summed E-state index contributed by atoms with van der Waals surface area (Å²) in [6, 6.07) is 14.9. The van der Waals surface area contributed by atoms with Crippen LogP contribution in [0.3, 0.4) is 0 Å². The molecular weight excluding hydrogens is 607 g/mol. The van der Waals surface area contributed by atoms with Gasteiger partial charge < -0.3 is 24.6 Å². The molecule has 14 heteroatoms. The molecule has 12 nitrogen and oxygen atoms in total. The fourth-order valence-corrected chi connectivity index (χ4v) is 6.60. The predicted octanol–water partition coefficient (Wildman–Crippen LogP) is 3.10. The third kappa shape index (κ3) is 7.52. The highest BCUT2D eigenvalue weighted by molar-refractivity contribution is 7.89. The van der Waals surface area contributed by atoms with E-state index in [1.165, 1.54) is 28.6 Å². The van der Waals surface area contributed by atoms with Crippen molar-refractivity contribution in [1.82, 2.24) is 14.6 Å². The molecule has 1 saturated heterocycles. The summed E-state index contributed by atoms with van der Waals surface area (Å²) >= 11 is 0. The molecule has 1 fully saturated rings. The highest BCUT2D eigenvalue weighted by Crippen LogP contribution is 2.35. The Bertz CT molecular complexity index is 1610. The van der Waals surface area contributed by atoms with E-state index in [1.807, 2.05) is 44.2 Å². The normalized spacial score (nSPS) is 18.0. The Morgan fingerprint density at radius 3 is 2.60 bits per heavy atom. The predicted molar refractivity (Wildman–Crippen MR) is 161 cm³/mol. The largest absolute Gasteiger partial charge is 0.454 e. The number of carbonyl (C=O) groups excluding carboxylic acids is 2. The molecule has 2 N–H and O–H groups in total. The number of aromatic nitrogens is 1. The summed E-state index contributed by atoms with van der Waals surface area (Å²) in [5.41, 5.74) is 0.787. The quantitative estimate of drug-likeness (QED) is 0.287. The van der Waals surface area contributed by atoms with Crippen molar-refractivity contribution in [3.63, 3.8) is 0 Å². The average Bonchev–Trinajstić information content (AvgIpc) is 3.67. The number of nitrogens with one attached hydrogen (secondary N) is 1.